The van der Waals surface area contributed by atoms with Crippen molar-refractivity contribution in [3.8, 4) is 5.75 Å². The van der Waals surface area contributed by atoms with Crippen molar-refractivity contribution in [3.63, 3.8) is 0 Å². The zero-order chi connectivity index (χ0) is 18.5. The Hall–Kier alpha value is -3.41. The number of hydrogen-bond acceptors (Lipinski definition) is 4. The fraction of sp³-hybridized carbons (Fsp3) is 0.150. The first-order chi connectivity index (χ1) is 12.5. The van der Waals surface area contributed by atoms with Gasteiger partial charge in [-0.1, -0.05) is 24.3 Å². The number of nitrogens with zero attached hydrogens (tertiary/aromatic N) is 3. The van der Waals surface area contributed by atoms with E-state index in [0.717, 1.165) is 17.0 Å². The minimum Gasteiger partial charge on any atom is -0.508 e. The molecule has 3 aromatic rings. The summed E-state index contributed by atoms with van der Waals surface area (Å²) in [6.07, 6.45) is 1.48. The van der Waals surface area contributed by atoms with Crippen LogP contribution in [0.5, 0.6) is 5.75 Å². The minimum absolute atomic E-state index is 0.151. The molecule has 0 fully saturated rings. The molecule has 1 amide bonds. The fourth-order valence-corrected chi connectivity index (χ4v) is 2.60. The van der Waals surface area contributed by atoms with Crippen molar-refractivity contribution in [1.29, 1.82) is 0 Å². The van der Waals surface area contributed by atoms with Crippen LogP contribution >= 0.6 is 0 Å². The minimum atomic E-state index is -0.293. The lowest BCUT2D eigenvalue weighted by atomic mass is 10.1. The van der Waals surface area contributed by atoms with Gasteiger partial charge in [0.2, 0.25) is 0 Å². The number of carbonyl (C=O) groups is 1. The number of aromatic hydroxyl groups is 1. The lowest BCUT2D eigenvalue weighted by molar-refractivity contribution is 0.0955. The number of aromatic nitrogens is 2. The van der Waals surface area contributed by atoms with E-state index in [2.05, 4.69) is 15.6 Å². The molecule has 1 heterocycles. The van der Waals surface area contributed by atoms with Crippen LogP contribution in [0.4, 0.5) is 0 Å². The van der Waals surface area contributed by atoms with E-state index in [1.54, 1.807) is 36.4 Å². The Labute approximate surface area is 151 Å². The van der Waals surface area contributed by atoms with Crippen LogP contribution in [0.15, 0.2) is 59.7 Å². The number of amides is 1. The van der Waals surface area contributed by atoms with E-state index in [-0.39, 0.29) is 11.7 Å². The molecular formula is C20H20N4O2. The van der Waals surface area contributed by atoms with Gasteiger partial charge in [-0.15, -0.1) is 0 Å². The van der Waals surface area contributed by atoms with Crippen LogP contribution in [-0.4, -0.2) is 27.0 Å². The van der Waals surface area contributed by atoms with E-state index in [1.807, 2.05) is 36.7 Å². The number of aryl methyl sites for hydroxylation is 2. The third-order valence-corrected chi connectivity index (χ3v) is 3.90. The predicted octanol–water partition coefficient (Wildman–Crippen LogP) is 3.02. The van der Waals surface area contributed by atoms with Crippen LogP contribution in [0.25, 0.3) is 0 Å². The van der Waals surface area contributed by atoms with E-state index in [4.69, 9.17) is 0 Å². The third-order valence-electron chi connectivity index (χ3n) is 3.90. The van der Waals surface area contributed by atoms with Crippen molar-refractivity contribution in [1.82, 2.24) is 15.2 Å². The Morgan fingerprint density at radius 2 is 1.96 bits per heavy atom. The van der Waals surface area contributed by atoms with Crippen molar-refractivity contribution >= 4 is 12.1 Å². The number of hydrazone groups is 1. The first kappa shape index (κ1) is 17.4. The number of hydrogen-bond donors (Lipinski definition) is 2. The molecule has 2 aromatic carbocycles. The third kappa shape index (κ3) is 4.36. The van der Waals surface area contributed by atoms with E-state index in [9.17, 15) is 9.90 Å². The summed E-state index contributed by atoms with van der Waals surface area (Å²) >= 11 is 0. The number of nitrogens with one attached hydrogen (secondary N) is 1. The molecule has 0 saturated heterocycles. The molecule has 6 heteroatoms. The second kappa shape index (κ2) is 7.65. The Balaban J connectivity index is 1.61. The maximum atomic E-state index is 12.1. The van der Waals surface area contributed by atoms with Gasteiger partial charge in [0, 0.05) is 11.3 Å². The molecule has 1 aromatic heterocycles. The van der Waals surface area contributed by atoms with Crippen LogP contribution in [-0.2, 0) is 6.54 Å². The highest BCUT2D eigenvalue weighted by Gasteiger charge is 2.06. The Morgan fingerprint density at radius 1 is 1.19 bits per heavy atom. The zero-order valence-corrected chi connectivity index (χ0v) is 14.7. The molecule has 0 atom stereocenters. The molecule has 0 radical (unpaired) electrons. The standard InChI is InChI=1S/C20H20N4O2/c1-14-10-15(2)24(23-14)13-16-6-8-18(9-7-16)20(26)22-21-12-17-4-3-5-19(25)11-17/h3-12,25H,13H2,1-2H3,(H,22,26)/b21-12+. The van der Waals surface area contributed by atoms with Gasteiger partial charge < -0.3 is 5.11 Å². The number of rotatable bonds is 5. The summed E-state index contributed by atoms with van der Waals surface area (Å²) < 4.78 is 1.93. The lowest BCUT2D eigenvalue weighted by Crippen LogP contribution is -2.17. The van der Waals surface area contributed by atoms with Crippen LogP contribution in [0.2, 0.25) is 0 Å². The molecule has 0 spiro atoms. The van der Waals surface area contributed by atoms with Gasteiger partial charge in [-0.05, 0) is 55.3 Å². The van der Waals surface area contributed by atoms with Crippen LogP contribution in [0.3, 0.4) is 0 Å². The molecule has 6 nitrogen and oxygen atoms in total. The van der Waals surface area contributed by atoms with Gasteiger partial charge in [0.15, 0.2) is 0 Å². The van der Waals surface area contributed by atoms with Crippen molar-refractivity contribution in [2.75, 3.05) is 0 Å². The van der Waals surface area contributed by atoms with Gasteiger partial charge in [0.25, 0.3) is 5.91 Å². The van der Waals surface area contributed by atoms with Gasteiger partial charge in [-0.3, -0.25) is 9.48 Å². The number of phenolic OH excluding ortho intramolecular Hbond substituents is 1. The van der Waals surface area contributed by atoms with Gasteiger partial charge in [-0.2, -0.15) is 10.2 Å². The van der Waals surface area contributed by atoms with Gasteiger partial charge in [-0.25, -0.2) is 5.43 Å². The van der Waals surface area contributed by atoms with Crippen molar-refractivity contribution < 1.29 is 9.90 Å². The summed E-state index contributed by atoms with van der Waals surface area (Å²) in [5.74, 6) is -0.141. The number of phenols is 1. The summed E-state index contributed by atoms with van der Waals surface area (Å²) in [5.41, 5.74) is 6.86. The van der Waals surface area contributed by atoms with E-state index in [0.29, 0.717) is 17.7 Å². The van der Waals surface area contributed by atoms with Crippen molar-refractivity contribution in [2.24, 2.45) is 5.10 Å². The topological polar surface area (TPSA) is 79.5 Å². The second-order valence-electron chi connectivity index (χ2n) is 6.08. The zero-order valence-electron chi connectivity index (χ0n) is 14.7. The Morgan fingerprint density at radius 3 is 2.62 bits per heavy atom. The van der Waals surface area contributed by atoms with E-state index >= 15 is 0 Å². The maximum Gasteiger partial charge on any atom is 0.271 e. The highest BCUT2D eigenvalue weighted by Crippen LogP contribution is 2.10. The molecule has 0 unspecified atom stereocenters. The predicted molar refractivity (Wildman–Crippen MR) is 100 cm³/mol. The monoisotopic (exact) mass is 348 g/mol. The normalized spacial score (nSPS) is 11.0. The second-order valence-corrected chi connectivity index (χ2v) is 6.08. The molecular weight excluding hydrogens is 328 g/mol. The Kier molecular flexibility index (Phi) is 5.12. The average Bonchev–Trinajstić information content (AvgIpc) is 2.93. The highest BCUT2D eigenvalue weighted by molar-refractivity contribution is 5.94. The summed E-state index contributed by atoms with van der Waals surface area (Å²) in [7, 11) is 0. The molecule has 0 bridgehead atoms. The van der Waals surface area contributed by atoms with E-state index < -0.39 is 0 Å². The first-order valence-corrected chi connectivity index (χ1v) is 8.24. The van der Waals surface area contributed by atoms with Crippen molar-refractivity contribution in [2.45, 2.75) is 20.4 Å². The summed E-state index contributed by atoms with van der Waals surface area (Å²) in [6, 6.07) is 16.0. The van der Waals surface area contributed by atoms with Gasteiger partial charge in [0.1, 0.15) is 5.75 Å². The highest BCUT2D eigenvalue weighted by atomic mass is 16.3. The van der Waals surface area contributed by atoms with Crippen LogP contribution in [0.1, 0.15) is 32.9 Å². The smallest absolute Gasteiger partial charge is 0.271 e. The van der Waals surface area contributed by atoms with Crippen LogP contribution < -0.4 is 5.43 Å². The van der Waals surface area contributed by atoms with Crippen LogP contribution in [0, 0.1) is 13.8 Å². The maximum absolute atomic E-state index is 12.1. The molecule has 0 aliphatic heterocycles. The van der Waals surface area contributed by atoms with Gasteiger partial charge >= 0.3 is 0 Å². The largest absolute Gasteiger partial charge is 0.508 e. The first-order valence-electron chi connectivity index (χ1n) is 8.24. The molecule has 26 heavy (non-hydrogen) atoms. The Bertz CT molecular complexity index is 943. The van der Waals surface area contributed by atoms with Crippen molar-refractivity contribution in [3.05, 3.63) is 82.7 Å². The molecule has 132 valence electrons. The molecule has 0 aliphatic carbocycles. The number of carbonyl (C=O) groups excluding carboxylic acids is 1. The molecule has 0 aliphatic rings. The fourth-order valence-electron chi connectivity index (χ4n) is 2.60. The molecule has 3 rings (SSSR count). The molecule has 2 N–H and O–H groups in total. The summed E-state index contributed by atoms with van der Waals surface area (Å²) in [4.78, 5) is 12.1. The SMILES string of the molecule is Cc1cc(C)n(Cc2ccc(C(=O)N/N=C/c3cccc(O)c3)cc2)n1. The molecule has 0 saturated carbocycles. The lowest BCUT2D eigenvalue weighted by Gasteiger charge is -2.06. The summed E-state index contributed by atoms with van der Waals surface area (Å²) in [6.45, 7) is 4.65. The summed E-state index contributed by atoms with van der Waals surface area (Å²) in [5, 5.41) is 17.7. The average molecular weight is 348 g/mol. The quantitative estimate of drug-likeness (QED) is 0.549. The van der Waals surface area contributed by atoms with Gasteiger partial charge in [0.05, 0.1) is 18.5 Å². The number of benzene rings is 2. The van der Waals surface area contributed by atoms with E-state index in [1.165, 1.54) is 6.21 Å².